The first-order chi connectivity index (χ1) is 25.8. The average Bonchev–Trinajstić information content (AvgIpc) is 3.84. The summed E-state index contributed by atoms with van der Waals surface area (Å²) in [6, 6.07) is 18.8. The van der Waals surface area contributed by atoms with Crippen LogP contribution in [0.5, 0.6) is 46.0 Å². The van der Waals surface area contributed by atoms with Crippen LogP contribution in [-0.2, 0) is 9.23 Å². The quantitative estimate of drug-likeness (QED) is 0.190. The van der Waals surface area contributed by atoms with Crippen molar-refractivity contribution in [1.82, 2.24) is 0 Å². The second-order valence-corrected chi connectivity index (χ2v) is 13.4. The van der Waals surface area contributed by atoms with E-state index in [0.717, 1.165) is 0 Å². The third-order valence-corrected chi connectivity index (χ3v) is 7.21. The molecule has 0 bridgehead atoms. The number of hydrogen-bond acceptors (Lipinski definition) is 13. The largest absolute Gasteiger partial charge is 0.486 e. The van der Waals surface area contributed by atoms with Crippen LogP contribution in [0.1, 0.15) is 48.9 Å². The van der Waals surface area contributed by atoms with Gasteiger partial charge in [0.15, 0.2) is 46.0 Å². The molecule has 0 unspecified atom stereocenters. The van der Waals surface area contributed by atoms with Crippen LogP contribution in [-0.4, -0.2) is 76.9 Å². The van der Waals surface area contributed by atoms with Crippen LogP contribution < -0.4 is 37.9 Å². The van der Waals surface area contributed by atoms with Gasteiger partial charge in [-0.3, -0.25) is 9.59 Å². The summed E-state index contributed by atoms with van der Waals surface area (Å²) in [5, 5.41) is 16.3. The van der Waals surface area contributed by atoms with Crippen molar-refractivity contribution in [2.24, 2.45) is 0 Å². The topological polar surface area (TPSA) is 200 Å². The summed E-state index contributed by atoms with van der Waals surface area (Å²) in [5.41, 5.74) is 1.26. The van der Waals surface area contributed by atoms with Crippen molar-refractivity contribution in [2.75, 3.05) is 40.0 Å². The van der Waals surface area contributed by atoms with Gasteiger partial charge in [-0.15, -0.1) is 0 Å². The molecule has 20 heteroatoms. The summed E-state index contributed by atoms with van der Waals surface area (Å²) in [4.78, 5) is 42.6. The summed E-state index contributed by atoms with van der Waals surface area (Å²) in [5.74, 6) is 2.74. The van der Waals surface area contributed by atoms with Crippen LogP contribution in [0, 0.1) is 0 Å². The van der Waals surface area contributed by atoms with E-state index in [9.17, 15) is 19.2 Å². The monoisotopic (exact) mass is 862 g/mol. The number of benzene rings is 4. The van der Waals surface area contributed by atoms with E-state index in [0.29, 0.717) is 83.6 Å². The molecule has 4 aliphatic rings. The van der Waals surface area contributed by atoms with Gasteiger partial charge < -0.3 is 48.1 Å². The molecule has 4 aromatic carbocycles. The van der Waals surface area contributed by atoms with Gasteiger partial charge in [0, 0.05) is 32.5 Å². The zero-order chi connectivity index (χ0) is 39.2. The highest BCUT2D eigenvalue weighted by atomic mass is 36.0. The van der Waals surface area contributed by atoms with Crippen molar-refractivity contribution in [3.63, 3.8) is 0 Å². The zero-order valence-corrected chi connectivity index (χ0v) is 31.1. The summed E-state index contributed by atoms with van der Waals surface area (Å²) < 4.78 is 50.2. The molecule has 0 radical (unpaired) electrons. The van der Waals surface area contributed by atoms with E-state index in [4.69, 9.17) is 75.5 Å². The Bertz CT molecular complexity index is 1890. The van der Waals surface area contributed by atoms with Crippen molar-refractivity contribution in [1.29, 1.82) is 0 Å². The standard InChI is InChI=1S/C9H7ClO3.C9H8O4.C8H5ClO3.C8H6O4.CH4.Cl2OS/c2*10-9(11)6-1-2-7-8(5-6)13-4-3-12-7;2*9-8(10)5-1-2-6-7(3-5)12-4-11-6;;1-4(2)3/h1-2,5H,3-4H2;1-2,5H,3-4H2,(H,10,11);1-3H,4H2;1-3H,4H2,(H,9,10);1H4;. The van der Waals surface area contributed by atoms with Crippen LogP contribution in [0.2, 0.25) is 0 Å². The van der Waals surface area contributed by atoms with Crippen LogP contribution in [0.3, 0.4) is 0 Å². The minimum absolute atomic E-state index is 0. The summed E-state index contributed by atoms with van der Waals surface area (Å²) >= 11 is 10.6. The summed E-state index contributed by atoms with van der Waals surface area (Å²) in [7, 11) is 7.36. The van der Waals surface area contributed by atoms with Crippen LogP contribution in [0.4, 0.5) is 0 Å². The minimum atomic E-state index is -1.67. The van der Waals surface area contributed by atoms with E-state index in [1.54, 1.807) is 48.5 Å². The van der Waals surface area contributed by atoms with Gasteiger partial charge in [0.2, 0.25) is 22.8 Å². The molecule has 294 valence electrons. The number of carbonyl (C=O) groups excluding carboxylic acids is 2. The second-order valence-electron chi connectivity index (χ2n) is 10.2. The maximum atomic E-state index is 10.8. The van der Waals surface area contributed by atoms with Gasteiger partial charge in [-0.05, 0) is 96.0 Å². The average molecular weight is 864 g/mol. The molecular formula is C35H30Cl4O15S. The lowest BCUT2D eigenvalue weighted by Crippen LogP contribution is -2.15. The predicted molar refractivity (Wildman–Crippen MR) is 201 cm³/mol. The molecule has 4 aromatic rings. The van der Waals surface area contributed by atoms with Gasteiger partial charge in [-0.2, -0.15) is 0 Å². The van der Waals surface area contributed by atoms with Crippen LogP contribution in [0.15, 0.2) is 72.8 Å². The number of fused-ring (bicyclic) bond motifs is 4. The van der Waals surface area contributed by atoms with Gasteiger partial charge >= 0.3 is 11.9 Å². The van der Waals surface area contributed by atoms with E-state index in [-0.39, 0.29) is 32.1 Å². The molecule has 0 spiro atoms. The number of carboxylic acids is 2. The maximum absolute atomic E-state index is 10.8. The Morgan fingerprint density at radius 3 is 1.00 bits per heavy atom. The Labute approximate surface area is 334 Å². The van der Waals surface area contributed by atoms with E-state index in [1.165, 1.54) is 24.3 Å². The van der Waals surface area contributed by atoms with Gasteiger partial charge in [-0.25, -0.2) is 13.8 Å². The number of rotatable bonds is 4. The fourth-order valence-corrected chi connectivity index (χ4v) is 4.63. The molecule has 0 amide bonds. The lowest BCUT2D eigenvalue weighted by molar-refractivity contribution is 0.0685. The molecule has 0 saturated heterocycles. The highest BCUT2D eigenvalue weighted by Gasteiger charge is 2.17. The predicted octanol–water partition coefficient (Wildman–Crippen LogP) is 7.58. The van der Waals surface area contributed by atoms with Crippen molar-refractivity contribution < 1.29 is 71.5 Å². The fraction of sp³-hybridized carbons (Fsp3) is 0.200. The third-order valence-electron chi connectivity index (χ3n) is 6.78. The second kappa shape index (κ2) is 21.7. The summed E-state index contributed by atoms with van der Waals surface area (Å²) in [6.45, 7) is 2.40. The van der Waals surface area contributed by atoms with Crippen LogP contribution >= 0.6 is 44.6 Å². The van der Waals surface area contributed by atoms with Gasteiger partial charge in [-0.1, -0.05) is 7.43 Å². The van der Waals surface area contributed by atoms with Crippen molar-refractivity contribution in [3.05, 3.63) is 95.1 Å². The first-order valence-electron chi connectivity index (χ1n) is 15.0. The molecular weight excluding hydrogens is 834 g/mol. The van der Waals surface area contributed by atoms with E-state index in [2.05, 4.69) is 21.4 Å². The molecule has 55 heavy (non-hydrogen) atoms. The zero-order valence-electron chi connectivity index (χ0n) is 27.3. The van der Waals surface area contributed by atoms with Gasteiger partial charge in [0.25, 0.3) is 10.5 Å². The first kappa shape index (κ1) is 44.3. The molecule has 2 N–H and O–H groups in total. The highest BCUT2D eigenvalue weighted by molar-refractivity contribution is 8.26. The van der Waals surface area contributed by atoms with E-state index < -0.39 is 31.7 Å². The van der Waals surface area contributed by atoms with E-state index >= 15 is 0 Å². The highest BCUT2D eigenvalue weighted by Crippen LogP contribution is 2.34. The Balaban J connectivity index is 0.000000190. The van der Waals surface area contributed by atoms with Crippen LogP contribution in [0.25, 0.3) is 0 Å². The Morgan fingerprint density at radius 1 is 0.455 bits per heavy atom. The Kier molecular flexibility index (Phi) is 17.5. The number of halogens is 4. The minimum Gasteiger partial charge on any atom is -0.486 e. The number of aromatic carboxylic acids is 2. The SMILES string of the molecule is C.O=C(Cl)c1ccc2c(c1)OCCO2.O=C(Cl)c1ccc2c(c1)OCO2.O=C(O)c1ccc2c(c1)OCCO2.O=C(O)c1ccc2c(c1)OCO2.O=S(Cl)Cl. The number of carboxylic acid groups (broad SMARTS) is 2. The lowest BCUT2D eigenvalue weighted by atomic mass is 10.2. The molecule has 15 nitrogen and oxygen atoms in total. The summed E-state index contributed by atoms with van der Waals surface area (Å²) in [6.07, 6.45) is 0. The molecule has 0 saturated carbocycles. The van der Waals surface area contributed by atoms with Gasteiger partial charge in [0.05, 0.1) is 11.1 Å². The Morgan fingerprint density at radius 2 is 0.691 bits per heavy atom. The van der Waals surface area contributed by atoms with Crippen molar-refractivity contribution in [3.8, 4) is 46.0 Å². The molecule has 0 atom stereocenters. The first-order valence-corrected chi connectivity index (χ1v) is 18.6. The molecule has 4 aliphatic heterocycles. The lowest BCUT2D eigenvalue weighted by Gasteiger charge is -2.18. The Hall–Kier alpha value is -5.13. The third kappa shape index (κ3) is 13.6. The van der Waals surface area contributed by atoms with Gasteiger partial charge in [0.1, 0.15) is 26.4 Å². The normalized spacial score (nSPS) is 12.9. The molecule has 0 aromatic heterocycles. The smallest absolute Gasteiger partial charge is 0.335 e. The van der Waals surface area contributed by atoms with Crippen molar-refractivity contribution in [2.45, 2.75) is 7.43 Å². The number of ether oxygens (including phenoxy) is 8. The molecule has 0 fully saturated rings. The molecule has 0 aliphatic carbocycles. The molecule has 4 heterocycles. The van der Waals surface area contributed by atoms with Crippen molar-refractivity contribution >= 4 is 76.2 Å². The number of hydrogen-bond donors (Lipinski definition) is 2. The fourth-order valence-electron chi connectivity index (χ4n) is 4.39. The maximum Gasteiger partial charge on any atom is 0.335 e. The van der Waals surface area contributed by atoms with E-state index in [1.807, 2.05) is 0 Å². The number of carbonyl (C=O) groups is 4. The molecule has 8 rings (SSSR count).